The van der Waals surface area contributed by atoms with Crippen LogP contribution < -0.4 is 0 Å². The van der Waals surface area contributed by atoms with Crippen molar-refractivity contribution < 1.29 is 13.7 Å². The van der Waals surface area contributed by atoms with E-state index in [2.05, 4.69) is 67.6 Å². The van der Waals surface area contributed by atoms with Gasteiger partial charge in [0, 0.05) is 6.10 Å². The third-order valence-corrected chi connectivity index (χ3v) is 7.32. The van der Waals surface area contributed by atoms with Crippen molar-refractivity contribution in [3.8, 4) is 0 Å². The van der Waals surface area contributed by atoms with Gasteiger partial charge >= 0.3 is 7.12 Å². The quantitative estimate of drug-likeness (QED) is 0.389. The van der Waals surface area contributed by atoms with Crippen LogP contribution in [-0.4, -0.2) is 32.7 Å². The molecule has 5 heteroatoms. The molecule has 1 aliphatic rings. The van der Waals surface area contributed by atoms with Gasteiger partial charge in [0.05, 0.1) is 11.2 Å². The molecule has 24 heavy (non-hydrogen) atoms. The highest BCUT2D eigenvalue weighted by Gasteiger charge is 2.52. The maximum atomic E-state index is 6.31. The van der Waals surface area contributed by atoms with E-state index < -0.39 is 8.32 Å². The Kier molecular flexibility index (Phi) is 7.79. The van der Waals surface area contributed by atoms with E-state index in [9.17, 15) is 0 Å². The van der Waals surface area contributed by atoms with Crippen LogP contribution in [0.25, 0.3) is 0 Å². The highest BCUT2D eigenvalue weighted by molar-refractivity contribution is 6.74. The first-order valence-electron chi connectivity index (χ1n) is 9.62. The molecule has 0 aromatic carbocycles. The Morgan fingerprint density at radius 3 is 2.08 bits per heavy atom. The maximum Gasteiger partial charge on any atom is 0.490 e. The summed E-state index contributed by atoms with van der Waals surface area (Å²) in [7, 11) is -2.02. The predicted octanol–water partition coefficient (Wildman–Crippen LogP) is 5.75. The largest absolute Gasteiger partial charge is 0.490 e. The Bertz CT molecular complexity index is 414. The molecule has 0 aliphatic carbocycles. The van der Waals surface area contributed by atoms with Gasteiger partial charge in [0.1, 0.15) is 0 Å². The van der Waals surface area contributed by atoms with Crippen LogP contribution in [0.3, 0.4) is 0 Å². The van der Waals surface area contributed by atoms with Crippen LogP contribution in [0.1, 0.15) is 74.1 Å². The number of unbranched alkanes of at least 4 members (excludes halogenated alkanes) is 3. The molecule has 0 radical (unpaired) electrons. The molecule has 0 aromatic heterocycles. The van der Waals surface area contributed by atoms with E-state index in [1.54, 1.807) is 0 Å². The first kappa shape index (κ1) is 21.9. The average Bonchev–Trinajstić information content (AvgIpc) is 2.60. The van der Waals surface area contributed by atoms with E-state index in [1.165, 1.54) is 24.7 Å². The fraction of sp³-hybridized carbons (Fsp3) is 0.895. The fourth-order valence-corrected chi connectivity index (χ4v) is 5.75. The molecule has 1 heterocycles. The highest BCUT2D eigenvalue weighted by atomic mass is 28.4. The Balaban J connectivity index is 2.90. The van der Waals surface area contributed by atoms with Crippen LogP contribution in [0.2, 0.25) is 19.1 Å². The molecular formula is C19H39BO3Si. The molecule has 0 spiro atoms. The van der Waals surface area contributed by atoms with Crippen LogP contribution in [0.4, 0.5) is 0 Å². The third-order valence-electron chi connectivity index (χ3n) is 4.95. The maximum absolute atomic E-state index is 6.31. The molecule has 1 saturated heterocycles. The Labute approximate surface area is 151 Å². The van der Waals surface area contributed by atoms with E-state index in [1.807, 2.05) is 0 Å². The van der Waals surface area contributed by atoms with Gasteiger partial charge in [-0.15, -0.1) is 0 Å². The van der Waals surface area contributed by atoms with Gasteiger partial charge in [0.25, 0.3) is 0 Å². The van der Waals surface area contributed by atoms with Crippen LogP contribution in [0.5, 0.6) is 0 Å². The van der Waals surface area contributed by atoms with Gasteiger partial charge in [-0.3, -0.25) is 0 Å². The summed E-state index contributed by atoms with van der Waals surface area (Å²) >= 11 is 0. The molecule has 0 unspecified atom stereocenters. The first-order valence-corrected chi connectivity index (χ1v) is 12.7. The molecule has 0 N–H and O–H groups in total. The normalized spacial score (nSPS) is 20.9. The highest BCUT2D eigenvalue weighted by Crippen LogP contribution is 2.40. The fourth-order valence-electron chi connectivity index (χ4n) is 3.10. The second-order valence-corrected chi connectivity index (χ2v) is 13.1. The van der Waals surface area contributed by atoms with Gasteiger partial charge in [0.15, 0.2) is 8.32 Å². The van der Waals surface area contributed by atoms with Crippen molar-refractivity contribution >= 4 is 15.4 Å². The molecule has 1 aliphatic heterocycles. The zero-order valence-electron chi connectivity index (χ0n) is 17.5. The van der Waals surface area contributed by atoms with Crippen LogP contribution in [-0.2, 0) is 13.7 Å². The van der Waals surface area contributed by atoms with Gasteiger partial charge in [-0.25, -0.2) is 0 Å². The van der Waals surface area contributed by atoms with Crippen molar-refractivity contribution in [3.63, 3.8) is 0 Å². The van der Waals surface area contributed by atoms with Crippen LogP contribution >= 0.6 is 0 Å². The minimum atomic E-state index is -1.79. The SMILES string of the molecule is CCCCC/C=C(/C[Si](C)(C)OC(C)C)B1OC(C)(C)C(C)(C)O1. The van der Waals surface area contributed by atoms with Crippen molar-refractivity contribution in [1.29, 1.82) is 0 Å². The molecular weight excluding hydrogens is 315 g/mol. The molecule has 0 atom stereocenters. The molecule has 0 saturated carbocycles. The summed E-state index contributed by atoms with van der Waals surface area (Å²) in [5.74, 6) is 0. The second-order valence-electron chi connectivity index (χ2n) is 8.97. The van der Waals surface area contributed by atoms with Gasteiger partial charge in [-0.2, -0.15) is 0 Å². The zero-order chi connectivity index (χ0) is 18.6. The van der Waals surface area contributed by atoms with E-state index in [0.29, 0.717) is 0 Å². The lowest BCUT2D eigenvalue weighted by Gasteiger charge is -2.32. The molecule has 1 rings (SSSR count). The standard InChI is InChI=1S/C19H39BO3Si/c1-10-11-12-13-14-17(15-24(8,9)21-16(2)3)20-22-18(4,5)19(6,7)23-20/h14,16H,10-13,15H2,1-9H3/b17-14-. The summed E-state index contributed by atoms with van der Waals surface area (Å²) in [6.45, 7) is 19.5. The predicted molar refractivity (Wildman–Crippen MR) is 107 cm³/mol. The topological polar surface area (TPSA) is 27.7 Å². The average molecular weight is 354 g/mol. The zero-order valence-corrected chi connectivity index (χ0v) is 18.5. The van der Waals surface area contributed by atoms with Crippen molar-refractivity contribution in [3.05, 3.63) is 11.5 Å². The van der Waals surface area contributed by atoms with Gasteiger partial charge in [-0.05, 0) is 79.0 Å². The lowest BCUT2D eigenvalue weighted by Crippen LogP contribution is -2.41. The Hall–Kier alpha value is -0.0982. The van der Waals surface area contributed by atoms with E-state index in [4.69, 9.17) is 13.7 Å². The smallest absolute Gasteiger partial charge is 0.415 e. The van der Waals surface area contributed by atoms with Crippen molar-refractivity contribution in [2.24, 2.45) is 0 Å². The van der Waals surface area contributed by atoms with Crippen LogP contribution in [0, 0.1) is 0 Å². The molecule has 3 nitrogen and oxygen atoms in total. The van der Waals surface area contributed by atoms with Gasteiger partial charge < -0.3 is 13.7 Å². The second kappa shape index (κ2) is 8.52. The number of hydrogen-bond acceptors (Lipinski definition) is 3. The molecule has 140 valence electrons. The van der Waals surface area contributed by atoms with E-state index in [0.717, 1.165) is 12.5 Å². The Morgan fingerprint density at radius 2 is 1.62 bits per heavy atom. The summed E-state index contributed by atoms with van der Waals surface area (Å²) in [6.07, 6.45) is 7.47. The number of allylic oxidation sites excluding steroid dienone is 2. The summed E-state index contributed by atoms with van der Waals surface area (Å²) in [6, 6.07) is 0.966. The first-order chi connectivity index (χ1) is 10.9. The van der Waals surface area contributed by atoms with Crippen LogP contribution in [0.15, 0.2) is 11.5 Å². The van der Waals surface area contributed by atoms with Gasteiger partial charge in [0.2, 0.25) is 0 Å². The van der Waals surface area contributed by atoms with Gasteiger partial charge in [-0.1, -0.05) is 25.8 Å². The third kappa shape index (κ3) is 6.32. The Morgan fingerprint density at radius 1 is 1.08 bits per heavy atom. The van der Waals surface area contributed by atoms with Crippen molar-refractivity contribution in [2.75, 3.05) is 0 Å². The molecule has 1 fully saturated rings. The van der Waals surface area contributed by atoms with E-state index >= 15 is 0 Å². The molecule has 0 amide bonds. The number of hydrogen-bond donors (Lipinski definition) is 0. The minimum absolute atomic E-state index is 0.237. The minimum Gasteiger partial charge on any atom is -0.415 e. The monoisotopic (exact) mass is 354 g/mol. The molecule has 0 bridgehead atoms. The van der Waals surface area contributed by atoms with Crippen molar-refractivity contribution in [1.82, 2.24) is 0 Å². The summed E-state index contributed by atoms with van der Waals surface area (Å²) in [5, 5.41) is 0. The summed E-state index contributed by atoms with van der Waals surface area (Å²) in [4.78, 5) is 0. The lowest BCUT2D eigenvalue weighted by atomic mass is 9.78. The molecule has 0 aromatic rings. The summed E-state index contributed by atoms with van der Waals surface area (Å²) < 4.78 is 18.9. The summed E-state index contributed by atoms with van der Waals surface area (Å²) in [5.41, 5.74) is 0.706. The number of rotatable bonds is 9. The van der Waals surface area contributed by atoms with E-state index in [-0.39, 0.29) is 24.4 Å². The van der Waals surface area contributed by atoms with Crippen molar-refractivity contribution in [2.45, 2.75) is 111 Å². The lowest BCUT2D eigenvalue weighted by molar-refractivity contribution is 0.00578.